The Morgan fingerprint density at radius 2 is 2.23 bits per heavy atom. The van der Waals surface area contributed by atoms with E-state index in [2.05, 4.69) is 20.1 Å². The first kappa shape index (κ1) is 13.1. The van der Waals surface area contributed by atoms with Crippen LogP contribution in [-0.4, -0.2) is 27.3 Å². The third-order valence-corrected chi connectivity index (χ3v) is 4.02. The minimum Gasteiger partial charge on any atom is -0.488 e. The zero-order valence-electron chi connectivity index (χ0n) is 12.1. The van der Waals surface area contributed by atoms with Gasteiger partial charge in [0.05, 0.1) is 12.1 Å². The lowest BCUT2D eigenvalue weighted by Crippen LogP contribution is -2.29. The van der Waals surface area contributed by atoms with Crippen molar-refractivity contribution in [3.8, 4) is 5.75 Å². The average molecular weight is 296 g/mol. The van der Waals surface area contributed by atoms with E-state index in [1.807, 2.05) is 30.3 Å². The third-order valence-electron chi connectivity index (χ3n) is 4.02. The first-order chi connectivity index (χ1) is 10.8. The molecule has 1 aromatic heterocycles. The van der Waals surface area contributed by atoms with E-state index in [9.17, 15) is 4.79 Å². The van der Waals surface area contributed by atoms with Crippen LogP contribution in [0.15, 0.2) is 29.8 Å². The number of amides is 1. The van der Waals surface area contributed by atoms with E-state index >= 15 is 0 Å². The highest BCUT2D eigenvalue weighted by Crippen LogP contribution is 2.25. The maximum absolute atomic E-state index is 12.3. The van der Waals surface area contributed by atoms with Gasteiger partial charge in [-0.25, -0.2) is 0 Å². The van der Waals surface area contributed by atoms with Gasteiger partial charge in [-0.05, 0) is 18.6 Å². The molecular weight excluding hydrogens is 280 g/mol. The van der Waals surface area contributed by atoms with Crippen molar-refractivity contribution in [1.29, 1.82) is 0 Å². The molecule has 0 bridgehead atoms. The molecule has 22 heavy (non-hydrogen) atoms. The van der Waals surface area contributed by atoms with E-state index in [1.165, 1.54) is 0 Å². The van der Waals surface area contributed by atoms with Crippen LogP contribution in [0.1, 0.15) is 23.6 Å². The quantitative estimate of drug-likeness (QED) is 0.927. The minimum absolute atomic E-state index is 0.121. The van der Waals surface area contributed by atoms with Gasteiger partial charge in [0.25, 0.3) is 5.91 Å². The topological polar surface area (TPSA) is 69.0 Å². The van der Waals surface area contributed by atoms with Crippen LogP contribution in [0.5, 0.6) is 5.75 Å². The Kier molecular flexibility index (Phi) is 3.14. The highest BCUT2D eigenvalue weighted by atomic mass is 16.5. The number of fused-ring (bicyclic) bond motifs is 2. The fourth-order valence-electron chi connectivity index (χ4n) is 2.86. The fraction of sp³-hybridized carbons (Fsp3) is 0.312. The molecule has 2 aliphatic heterocycles. The van der Waals surface area contributed by atoms with Crippen molar-refractivity contribution >= 4 is 12.0 Å². The molecule has 6 heteroatoms. The molecule has 0 spiro atoms. The van der Waals surface area contributed by atoms with Crippen LogP contribution in [0.3, 0.4) is 0 Å². The summed E-state index contributed by atoms with van der Waals surface area (Å²) in [6.07, 6.45) is 3.95. The van der Waals surface area contributed by atoms with Gasteiger partial charge >= 0.3 is 0 Å². The van der Waals surface area contributed by atoms with Crippen LogP contribution >= 0.6 is 0 Å². The molecule has 2 aromatic rings. The molecule has 112 valence electrons. The fourth-order valence-corrected chi connectivity index (χ4v) is 2.86. The highest BCUT2D eigenvalue weighted by molar-refractivity contribution is 5.99. The molecule has 0 atom stereocenters. The Morgan fingerprint density at radius 1 is 1.32 bits per heavy atom. The van der Waals surface area contributed by atoms with Gasteiger partial charge in [0.15, 0.2) is 5.82 Å². The Bertz CT molecular complexity index is 763. The van der Waals surface area contributed by atoms with Crippen LogP contribution in [0.2, 0.25) is 0 Å². The summed E-state index contributed by atoms with van der Waals surface area (Å²) in [6, 6.07) is 7.69. The summed E-state index contributed by atoms with van der Waals surface area (Å²) < 4.78 is 7.69. The predicted molar refractivity (Wildman–Crippen MR) is 80.1 cm³/mol. The second-order valence-electron chi connectivity index (χ2n) is 5.47. The van der Waals surface area contributed by atoms with Gasteiger partial charge in [-0.1, -0.05) is 18.2 Å². The summed E-state index contributed by atoms with van der Waals surface area (Å²) >= 11 is 0. The van der Waals surface area contributed by atoms with Crippen LogP contribution in [-0.2, 0) is 24.3 Å². The predicted octanol–water partition coefficient (Wildman–Crippen LogP) is 1.32. The van der Waals surface area contributed by atoms with Crippen LogP contribution in [0.25, 0.3) is 6.08 Å². The lowest BCUT2D eigenvalue weighted by Gasteiger charge is -2.17. The molecule has 1 aromatic carbocycles. The molecule has 0 radical (unpaired) electrons. The largest absolute Gasteiger partial charge is 0.488 e. The standard InChI is InChI=1S/C16H16N4O2/c21-16(12-8-11-4-1-2-5-13(11)22-10-12)17-9-15-19-18-14-6-3-7-20(14)15/h1-2,4-5,8H,3,6-7,9-10H2,(H,17,21). The number of aryl methyl sites for hydroxylation is 1. The van der Waals surface area contributed by atoms with Crippen molar-refractivity contribution < 1.29 is 9.53 Å². The number of hydrogen-bond donors (Lipinski definition) is 1. The summed E-state index contributed by atoms with van der Waals surface area (Å²) in [4.78, 5) is 12.3. The number of hydrogen-bond acceptors (Lipinski definition) is 4. The van der Waals surface area contributed by atoms with Crippen LogP contribution in [0.4, 0.5) is 0 Å². The summed E-state index contributed by atoms with van der Waals surface area (Å²) in [5.74, 6) is 2.52. The molecule has 1 N–H and O–H groups in total. The van der Waals surface area contributed by atoms with Gasteiger partial charge in [-0.2, -0.15) is 0 Å². The van der Waals surface area contributed by atoms with Crippen molar-refractivity contribution in [2.24, 2.45) is 0 Å². The Balaban J connectivity index is 1.46. The number of nitrogens with one attached hydrogen (secondary N) is 1. The first-order valence-electron chi connectivity index (χ1n) is 7.43. The van der Waals surface area contributed by atoms with Gasteiger partial charge in [0, 0.05) is 18.5 Å². The number of aromatic nitrogens is 3. The lowest BCUT2D eigenvalue weighted by atomic mass is 10.1. The number of rotatable bonds is 3. The molecule has 0 aliphatic carbocycles. The van der Waals surface area contributed by atoms with Crippen molar-refractivity contribution in [3.05, 3.63) is 47.1 Å². The number of nitrogens with zero attached hydrogens (tertiary/aromatic N) is 3. The van der Waals surface area contributed by atoms with E-state index in [0.717, 1.165) is 42.3 Å². The maximum atomic E-state index is 12.3. The number of carbonyl (C=O) groups is 1. The van der Waals surface area contributed by atoms with Gasteiger partial charge in [0.2, 0.25) is 0 Å². The SMILES string of the molecule is O=C(NCc1nnc2n1CCC2)C1=Cc2ccccc2OC1. The van der Waals surface area contributed by atoms with Crippen LogP contribution < -0.4 is 10.1 Å². The zero-order chi connectivity index (χ0) is 14.9. The van der Waals surface area contributed by atoms with Gasteiger partial charge in [0.1, 0.15) is 18.2 Å². The molecule has 0 fully saturated rings. The van der Waals surface area contributed by atoms with Gasteiger partial charge in [-0.3, -0.25) is 4.79 Å². The second-order valence-corrected chi connectivity index (χ2v) is 5.47. The Labute approximate surface area is 127 Å². The second kappa shape index (κ2) is 5.29. The third kappa shape index (κ3) is 2.26. The van der Waals surface area contributed by atoms with E-state index in [4.69, 9.17) is 4.74 Å². The zero-order valence-corrected chi connectivity index (χ0v) is 12.1. The van der Waals surface area contributed by atoms with E-state index in [-0.39, 0.29) is 5.91 Å². The summed E-state index contributed by atoms with van der Waals surface area (Å²) in [6.45, 7) is 1.62. The minimum atomic E-state index is -0.121. The number of carbonyl (C=O) groups excluding carboxylic acids is 1. The molecular formula is C16H16N4O2. The first-order valence-corrected chi connectivity index (χ1v) is 7.43. The number of para-hydroxylation sites is 1. The van der Waals surface area contributed by atoms with Crippen molar-refractivity contribution in [1.82, 2.24) is 20.1 Å². The maximum Gasteiger partial charge on any atom is 0.251 e. The van der Waals surface area contributed by atoms with Crippen molar-refractivity contribution in [2.75, 3.05) is 6.61 Å². The molecule has 3 heterocycles. The molecule has 0 unspecified atom stereocenters. The Morgan fingerprint density at radius 3 is 3.18 bits per heavy atom. The summed E-state index contributed by atoms with van der Waals surface area (Å²) in [7, 11) is 0. The average Bonchev–Trinajstić information content (AvgIpc) is 3.16. The Hall–Kier alpha value is -2.63. The number of benzene rings is 1. The van der Waals surface area contributed by atoms with E-state index < -0.39 is 0 Å². The summed E-state index contributed by atoms with van der Waals surface area (Å²) in [5, 5.41) is 11.2. The van der Waals surface area contributed by atoms with Gasteiger partial charge in [-0.15, -0.1) is 10.2 Å². The molecule has 2 aliphatic rings. The highest BCUT2D eigenvalue weighted by Gasteiger charge is 2.20. The monoisotopic (exact) mass is 296 g/mol. The van der Waals surface area contributed by atoms with Crippen molar-refractivity contribution in [3.63, 3.8) is 0 Å². The van der Waals surface area contributed by atoms with Gasteiger partial charge < -0.3 is 14.6 Å². The molecule has 0 saturated heterocycles. The van der Waals surface area contributed by atoms with E-state index in [1.54, 1.807) is 0 Å². The van der Waals surface area contributed by atoms with Crippen LogP contribution in [0, 0.1) is 0 Å². The van der Waals surface area contributed by atoms with Crippen molar-refractivity contribution in [2.45, 2.75) is 25.9 Å². The smallest absolute Gasteiger partial charge is 0.251 e. The normalized spacial score (nSPS) is 15.5. The summed E-state index contributed by atoms with van der Waals surface area (Å²) in [5.41, 5.74) is 1.56. The molecule has 0 saturated carbocycles. The van der Waals surface area contributed by atoms with E-state index in [0.29, 0.717) is 18.7 Å². The molecule has 6 nitrogen and oxygen atoms in total. The number of ether oxygens (including phenoxy) is 1. The molecule has 1 amide bonds. The molecule has 4 rings (SSSR count). The lowest BCUT2D eigenvalue weighted by molar-refractivity contribution is -0.118.